The van der Waals surface area contributed by atoms with E-state index < -0.39 is 0 Å². The molecule has 0 bridgehead atoms. The number of likely N-dealkylation sites (tertiary alicyclic amines) is 1. The first-order valence-electron chi connectivity index (χ1n) is 3.79. The quantitative estimate of drug-likeness (QED) is 0.548. The van der Waals surface area contributed by atoms with Crippen molar-refractivity contribution in [2.45, 2.75) is 25.8 Å². The first kappa shape index (κ1) is 13.5. The van der Waals surface area contributed by atoms with Crippen molar-refractivity contribution in [3.63, 3.8) is 0 Å². The number of nitrogens with zero attached hydrogens (tertiary/aromatic N) is 1. The molecular weight excluding hydrogens is 396 g/mol. The molecule has 1 radical (unpaired) electrons. The Balaban J connectivity index is 0. The van der Waals surface area contributed by atoms with Crippen molar-refractivity contribution in [2.24, 2.45) is 5.92 Å². The molecule has 0 aromatic rings. The van der Waals surface area contributed by atoms with Gasteiger partial charge >= 0.3 is 0 Å². The maximum absolute atomic E-state index is 2.49. The molecule has 1 aliphatic carbocycles. The molecule has 0 amide bonds. The van der Waals surface area contributed by atoms with E-state index in [0.29, 0.717) is 0 Å². The third kappa shape index (κ3) is 1.97. The number of piperidine rings is 1. The molecule has 1 aliphatic heterocycles. The van der Waals surface area contributed by atoms with Gasteiger partial charge in [0.15, 0.2) is 0 Å². The zero-order valence-electron chi connectivity index (χ0n) is 8.48. The van der Waals surface area contributed by atoms with E-state index in [9.17, 15) is 0 Å². The molecule has 2 heteroatoms. The number of rotatable bonds is 0. The summed E-state index contributed by atoms with van der Waals surface area (Å²) < 4.78 is 0. The maximum atomic E-state index is 2.49. The van der Waals surface area contributed by atoms with Gasteiger partial charge in [-0.3, -0.25) is 0 Å². The standard InChI is InChI=1S/C8H14N.2CH3.Lr/c1-6-3-7-4-8(7)9(2)5-6;;;/h7-8H,3-5H2,1-2H3;2*1H3;/q3*-1;. The normalized spacial score (nSPS) is 33.5. The number of hydrogen-bond donors (Lipinski definition) is 0. The predicted octanol–water partition coefficient (Wildman–Crippen LogP) is 2.21. The molecule has 2 unspecified atom stereocenters. The zero-order chi connectivity index (χ0) is 6.43. The van der Waals surface area contributed by atoms with Crippen molar-refractivity contribution in [3.8, 4) is 0 Å². The molecule has 0 N–H and O–H groups in total. The third-order valence-corrected chi connectivity index (χ3v) is 2.58. The van der Waals surface area contributed by atoms with Gasteiger partial charge in [-0.2, -0.15) is 13.3 Å². The van der Waals surface area contributed by atoms with E-state index in [4.69, 9.17) is 0 Å². The summed E-state index contributed by atoms with van der Waals surface area (Å²) in [6.45, 7) is 3.53. The van der Waals surface area contributed by atoms with Gasteiger partial charge in [-0.05, 0) is 13.5 Å². The molecule has 2 aliphatic rings. The molecule has 1 nitrogen and oxygen atoms in total. The minimum Gasteiger partial charge on any atom is -0.358 e. The Bertz CT molecular complexity index is 127. The molecule has 1 heterocycles. The van der Waals surface area contributed by atoms with Crippen molar-refractivity contribution in [3.05, 3.63) is 20.8 Å². The molecule has 2 atom stereocenters. The minimum absolute atomic E-state index is 0. The average molecular weight is 416 g/mol. The van der Waals surface area contributed by atoms with Gasteiger partial charge in [0.25, 0.3) is 0 Å². The van der Waals surface area contributed by atoms with Crippen LogP contribution in [-0.2, 0) is 0 Å². The predicted molar refractivity (Wildman–Crippen MR) is 50.9 cm³/mol. The van der Waals surface area contributed by atoms with Crippen LogP contribution in [0.5, 0.6) is 0 Å². The minimum atomic E-state index is 0. The number of hydrogen-bond acceptors (Lipinski definition) is 1. The second kappa shape index (κ2) is 4.10. The molecule has 0 spiro atoms. The molecule has 2 fully saturated rings. The van der Waals surface area contributed by atoms with Gasteiger partial charge in [0, 0.05) is 6.04 Å². The Morgan fingerprint density at radius 3 is 2.42 bits per heavy atom. The molecule has 0 aromatic carbocycles. The average Bonchev–Trinajstić information content (AvgIpc) is 2.43. The monoisotopic (exact) mass is 416 g/mol. The van der Waals surface area contributed by atoms with Gasteiger partial charge in [0.1, 0.15) is 0 Å². The smallest absolute Gasteiger partial charge is 0.00707 e. The first-order valence-corrected chi connectivity index (χ1v) is 3.79. The van der Waals surface area contributed by atoms with Crippen molar-refractivity contribution in [1.29, 1.82) is 0 Å². The van der Waals surface area contributed by atoms with E-state index in [-0.39, 0.29) is 14.9 Å². The summed E-state index contributed by atoms with van der Waals surface area (Å²) in [5, 5.41) is 0. The molecule has 1 saturated carbocycles. The van der Waals surface area contributed by atoms with Crippen LogP contribution in [0.2, 0.25) is 0 Å². The van der Waals surface area contributed by atoms with Crippen molar-refractivity contribution < 1.29 is 0 Å². The molecule has 83 valence electrons. The molecule has 0 aromatic heterocycles. The zero-order valence-corrected chi connectivity index (χ0v) is 10.6. The SMILES string of the molecule is C[C-]1CC2CC2N(C)C1.[CH3-].[CH3-].[Lr]. The Morgan fingerprint density at radius 2 is 1.92 bits per heavy atom. The van der Waals surface area contributed by atoms with Crippen LogP contribution < -0.4 is 0 Å². The van der Waals surface area contributed by atoms with Crippen LogP contribution in [0.3, 0.4) is 0 Å². The fourth-order valence-electron chi connectivity index (χ4n) is 2.05. The van der Waals surface area contributed by atoms with Crippen LogP contribution in [0.25, 0.3) is 0 Å². The Morgan fingerprint density at radius 1 is 1.33 bits per heavy atom. The maximum Gasteiger partial charge on any atom is 0.00707 e. The first-order chi connectivity index (χ1) is 4.27. The fourth-order valence-corrected chi connectivity index (χ4v) is 2.05. The van der Waals surface area contributed by atoms with Crippen LogP contribution in [-0.4, -0.2) is 24.5 Å². The molecule has 1 saturated heterocycles. The van der Waals surface area contributed by atoms with E-state index in [1.807, 2.05) is 0 Å². The van der Waals surface area contributed by atoms with Crippen LogP contribution in [0.1, 0.15) is 19.8 Å². The summed E-state index contributed by atoms with van der Waals surface area (Å²) in [7, 11) is 2.24. The van der Waals surface area contributed by atoms with E-state index in [0.717, 1.165) is 12.0 Å². The Labute approximate surface area is 71.8 Å². The summed E-state index contributed by atoms with van der Waals surface area (Å²) in [6, 6.07) is 0.966. The van der Waals surface area contributed by atoms with Crippen molar-refractivity contribution >= 4 is 0 Å². The van der Waals surface area contributed by atoms with Crippen LogP contribution in [0.15, 0.2) is 0 Å². The summed E-state index contributed by atoms with van der Waals surface area (Å²) in [6.07, 6.45) is 2.88. The molecule has 2 rings (SSSR count). The number of fused-ring (bicyclic) bond motifs is 1. The van der Waals surface area contributed by atoms with Crippen LogP contribution in [0, 0.1) is 26.7 Å². The van der Waals surface area contributed by atoms with Gasteiger partial charge in [0.05, 0.1) is 0 Å². The Kier molecular flexibility index (Phi) is 4.63. The second-order valence-corrected chi connectivity index (χ2v) is 3.64. The van der Waals surface area contributed by atoms with Crippen molar-refractivity contribution in [2.75, 3.05) is 13.6 Å². The topological polar surface area (TPSA) is 3.24 Å². The molecule has 12 heavy (non-hydrogen) atoms. The van der Waals surface area contributed by atoms with E-state index >= 15 is 0 Å². The summed E-state index contributed by atoms with van der Waals surface area (Å²) in [5.74, 6) is 2.72. The van der Waals surface area contributed by atoms with Crippen LogP contribution >= 0.6 is 0 Å². The second-order valence-electron chi connectivity index (χ2n) is 3.64. The van der Waals surface area contributed by atoms with E-state index in [2.05, 4.69) is 18.9 Å². The van der Waals surface area contributed by atoms with Gasteiger partial charge in [-0.25, -0.2) is 0 Å². The van der Waals surface area contributed by atoms with Gasteiger partial charge in [-0.1, -0.05) is 5.92 Å². The van der Waals surface area contributed by atoms with Gasteiger partial charge in [-0.15, -0.1) is 6.54 Å². The molecular formula is C10H20LrN-3. The van der Waals surface area contributed by atoms with E-state index in [1.54, 1.807) is 5.92 Å². The Hall–Kier alpha value is -1.04. The van der Waals surface area contributed by atoms with Gasteiger partial charge in [0.2, 0.25) is 0 Å². The summed E-state index contributed by atoms with van der Waals surface area (Å²) in [4.78, 5) is 2.49. The summed E-state index contributed by atoms with van der Waals surface area (Å²) >= 11 is 0. The third-order valence-electron chi connectivity index (χ3n) is 2.58. The van der Waals surface area contributed by atoms with Crippen molar-refractivity contribution in [1.82, 2.24) is 4.90 Å². The largest absolute Gasteiger partial charge is 0.358 e. The van der Waals surface area contributed by atoms with Gasteiger partial charge < -0.3 is 25.7 Å². The van der Waals surface area contributed by atoms with E-state index in [1.165, 1.54) is 19.4 Å². The van der Waals surface area contributed by atoms with Crippen LogP contribution in [0.4, 0.5) is 0 Å². The fraction of sp³-hybridized carbons (Fsp3) is 0.700. The summed E-state index contributed by atoms with van der Waals surface area (Å²) in [5.41, 5.74) is 0.